The van der Waals surface area contributed by atoms with E-state index >= 15 is 0 Å². The molecular weight excluding hydrogens is 481 g/mol. The number of carboxylic acid groups (broad SMARTS) is 1. The number of hydrogen-bond acceptors (Lipinski definition) is 8. The van der Waals surface area contributed by atoms with Crippen LogP contribution in [0.2, 0.25) is 0 Å². The minimum Gasteiger partial charge on any atom is -0.496 e. The Bertz CT molecular complexity index is 1550. The Hall–Kier alpha value is -3.84. The zero-order chi connectivity index (χ0) is 25.7. The second-order valence-electron chi connectivity index (χ2n) is 8.33. The highest BCUT2D eigenvalue weighted by Crippen LogP contribution is 2.33. The molecule has 1 aromatic carbocycles. The number of halogens is 1. The SMILES string of the molecule is COc1ccc(F)cc1[C@H](O)Cn1c(=O)n(C(C)(C)C(=O)O)c(=O)c2c(C)c(-n3nccn3)sc21. The van der Waals surface area contributed by atoms with Gasteiger partial charge >= 0.3 is 11.7 Å². The number of aliphatic carboxylic acids is 1. The van der Waals surface area contributed by atoms with Crippen molar-refractivity contribution in [3.05, 3.63) is 68.4 Å². The van der Waals surface area contributed by atoms with Gasteiger partial charge in [0.1, 0.15) is 33.0 Å². The number of ether oxygens (including phenoxy) is 1. The van der Waals surface area contributed by atoms with Crippen molar-refractivity contribution in [2.45, 2.75) is 39.0 Å². The van der Waals surface area contributed by atoms with Gasteiger partial charge in [0.25, 0.3) is 5.56 Å². The van der Waals surface area contributed by atoms with Crippen LogP contribution in [0.4, 0.5) is 4.39 Å². The standard InChI is InChI=1S/C22H22FN5O6S/c1-11-16-17(30)27(22(2,3)20(31)32)21(33)26(19(16)35-18(11)28-24-7-8-25-28)10-14(29)13-9-12(23)5-6-15(13)34-4/h5-9,14,29H,10H2,1-4H3,(H,31,32)/t14-/m1/s1. The topological polar surface area (TPSA) is 141 Å². The second-order valence-corrected chi connectivity index (χ2v) is 9.31. The monoisotopic (exact) mass is 503 g/mol. The van der Waals surface area contributed by atoms with Gasteiger partial charge in [-0.15, -0.1) is 4.80 Å². The van der Waals surface area contributed by atoms with Crippen LogP contribution in [-0.2, 0) is 16.9 Å². The molecule has 3 aromatic heterocycles. The number of aromatic nitrogens is 5. The number of rotatable bonds is 7. The number of fused-ring (bicyclic) bond motifs is 1. The third-order valence-electron chi connectivity index (χ3n) is 5.78. The molecule has 4 rings (SSSR count). The van der Waals surface area contributed by atoms with Crippen molar-refractivity contribution in [3.63, 3.8) is 0 Å². The molecule has 11 nitrogen and oxygen atoms in total. The summed E-state index contributed by atoms with van der Waals surface area (Å²) in [6.07, 6.45) is 1.47. The van der Waals surface area contributed by atoms with Crippen LogP contribution >= 0.6 is 11.3 Å². The van der Waals surface area contributed by atoms with Crippen LogP contribution in [0.5, 0.6) is 5.75 Å². The first kappa shape index (κ1) is 24.3. The van der Waals surface area contributed by atoms with Gasteiger partial charge in [-0.25, -0.2) is 18.5 Å². The van der Waals surface area contributed by atoms with Gasteiger partial charge in [-0.2, -0.15) is 10.2 Å². The minimum absolute atomic E-state index is 0.0880. The van der Waals surface area contributed by atoms with Gasteiger partial charge in [0.05, 0.1) is 31.4 Å². The number of aliphatic hydroxyl groups is 1. The molecule has 0 amide bonds. The minimum atomic E-state index is -1.90. The lowest BCUT2D eigenvalue weighted by Gasteiger charge is -2.24. The summed E-state index contributed by atoms with van der Waals surface area (Å²) in [4.78, 5) is 40.5. The number of benzene rings is 1. The number of carboxylic acids is 1. The van der Waals surface area contributed by atoms with Gasteiger partial charge in [0.15, 0.2) is 0 Å². The fourth-order valence-electron chi connectivity index (χ4n) is 3.83. The largest absolute Gasteiger partial charge is 0.496 e. The Morgan fingerprint density at radius 2 is 1.91 bits per heavy atom. The lowest BCUT2D eigenvalue weighted by Crippen LogP contribution is -2.52. The van der Waals surface area contributed by atoms with E-state index in [4.69, 9.17) is 4.74 Å². The molecule has 0 saturated carbocycles. The van der Waals surface area contributed by atoms with E-state index in [1.165, 1.54) is 50.3 Å². The van der Waals surface area contributed by atoms with Crippen molar-refractivity contribution in [2.75, 3.05) is 7.11 Å². The van der Waals surface area contributed by atoms with Crippen LogP contribution in [0.15, 0.2) is 40.2 Å². The summed E-state index contributed by atoms with van der Waals surface area (Å²) in [6, 6.07) is 3.60. The van der Waals surface area contributed by atoms with Crippen LogP contribution in [0.25, 0.3) is 15.2 Å². The molecule has 0 aliphatic carbocycles. The van der Waals surface area contributed by atoms with Crippen molar-refractivity contribution in [3.8, 4) is 10.8 Å². The molecule has 0 saturated heterocycles. The second kappa shape index (κ2) is 8.74. The summed E-state index contributed by atoms with van der Waals surface area (Å²) >= 11 is 1.04. The van der Waals surface area contributed by atoms with Crippen molar-refractivity contribution in [1.29, 1.82) is 0 Å². The van der Waals surface area contributed by atoms with E-state index in [-0.39, 0.29) is 21.5 Å². The van der Waals surface area contributed by atoms with E-state index in [2.05, 4.69) is 10.2 Å². The van der Waals surface area contributed by atoms with Gasteiger partial charge < -0.3 is 14.9 Å². The molecule has 4 aromatic rings. The van der Waals surface area contributed by atoms with Gasteiger partial charge in [-0.3, -0.25) is 9.36 Å². The molecule has 1 atom stereocenters. The van der Waals surface area contributed by atoms with Crippen LogP contribution in [0.3, 0.4) is 0 Å². The van der Waals surface area contributed by atoms with E-state index in [0.29, 0.717) is 15.1 Å². The third-order valence-corrected chi connectivity index (χ3v) is 7.06. The zero-order valence-corrected chi connectivity index (χ0v) is 20.0. The Morgan fingerprint density at radius 1 is 1.26 bits per heavy atom. The molecular formula is C22H22FN5O6S. The lowest BCUT2D eigenvalue weighted by atomic mass is 10.1. The van der Waals surface area contributed by atoms with Crippen molar-refractivity contribution in [1.82, 2.24) is 24.1 Å². The van der Waals surface area contributed by atoms with Crippen LogP contribution in [0.1, 0.15) is 31.1 Å². The molecule has 35 heavy (non-hydrogen) atoms. The molecule has 0 radical (unpaired) electrons. The summed E-state index contributed by atoms with van der Waals surface area (Å²) < 4.78 is 20.9. The number of nitrogens with zero attached hydrogens (tertiary/aromatic N) is 5. The van der Waals surface area contributed by atoms with Crippen molar-refractivity contribution < 1.29 is 24.1 Å². The van der Waals surface area contributed by atoms with Gasteiger partial charge in [0.2, 0.25) is 0 Å². The molecule has 2 N–H and O–H groups in total. The molecule has 0 spiro atoms. The smallest absolute Gasteiger partial charge is 0.333 e. The predicted molar refractivity (Wildman–Crippen MR) is 125 cm³/mol. The van der Waals surface area contributed by atoms with E-state index in [9.17, 15) is 29.0 Å². The highest BCUT2D eigenvalue weighted by molar-refractivity contribution is 7.21. The Morgan fingerprint density at radius 3 is 2.51 bits per heavy atom. The lowest BCUT2D eigenvalue weighted by molar-refractivity contribution is -0.146. The predicted octanol–water partition coefficient (Wildman–Crippen LogP) is 1.81. The van der Waals surface area contributed by atoms with Crippen molar-refractivity contribution >= 4 is 27.5 Å². The molecule has 13 heteroatoms. The number of aryl methyl sites for hydroxylation is 1. The normalized spacial score (nSPS) is 12.7. The molecule has 0 aliphatic heterocycles. The number of methoxy groups -OCH3 is 1. The maximum absolute atomic E-state index is 13.9. The summed E-state index contributed by atoms with van der Waals surface area (Å²) in [5, 5.41) is 29.4. The molecule has 3 heterocycles. The fourth-order valence-corrected chi connectivity index (χ4v) is 5.05. The molecule has 0 aliphatic rings. The maximum Gasteiger partial charge on any atom is 0.333 e. The van der Waals surface area contributed by atoms with Gasteiger partial charge in [-0.1, -0.05) is 11.3 Å². The maximum atomic E-state index is 13.9. The number of hydrogen-bond donors (Lipinski definition) is 2. The number of carbonyl (C=O) groups is 1. The molecule has 0 bridgehead atoms. The first-order valence-corrected chi connectivity index (χ1v) is 11.2. The van der Waals surface area contributed by atoms with Gasteiger partial charge in [0, 0.05) is 11.1 Å². The molecule has 0 unspecified atom stereocenters. The van der Waals surface area contributed by atoms with E-state index in [1.807, 2.05) is 0 Å². The summed E-state index contributed by atoms with van der Waals surface area (Å²) in [5.74, 6) is -1.81. The molecule has 184 valence electrons. The van der Waals surface area contributed by atoms with E-state index in [1.54, 1.807) is 6.92 Å². The highest BCUT2D eigenvalue weighted by atomic mass is 32.1. The Kier molecular flexibility index (Phi) is 6.07. The average molecular weight is 504 g/mol. The first-order chi connectivity index (χ1) is 16.5. The zero-order valence-electron chi connectivity index (χ0n) is 19.2. The summed E-state index contributed by atoms with van der Waals surface area (Å²) in [7, 11) is 1.36. The van der Waals surface area contributed by atoms with Crippen molar-refractivity contribution in [2.24, 2.45) is 0 Å². The van der Waals surface area contributed by atoms with E-state index in [0.717, 1.165) is 22.0 Å². The first-order valence-electron chi connectivity index (χ1n) is 10.4. The third kappa shape index (κ3) is 3.91. The van der Waals surface area contributed by atoms with E-state index < -0.39 is 41.2 Å². The number of thiophene rings is 1. The quantitative estimate of drug-likeness (QED) is 0.389. The van der Waals surface area contributed by atoms with Crippen LogP contribution < -0.4 is 16.0 Å². The summed E-state index contributed by atoms with van der Waals surface area (Å²) in [5.41, 5.74) is -3.11. The summed E-state index contributed by atoms with van der Waals surface area (Å²) in [6.45, 7) is 3.70. The Labute approximate surface area is 201 Å². The molecule has 0 fully saturated rings. The van der Waals surface area contributed by atoms with Gasteiger partial charge in [-0.05, 0) is 39.0 Å². The average Bonchev–Trinajstić information content (AvgIpc) is 3.44. The number of aliphatic hydroxyl groups excluding tert-OH is 1. The highest BCUT2D eigenvalue weighted by Gasteiger charge is 2.36. The van der Waals surface area contributed by atoms with Crippen LogP contribution in [-0.4, -0.2) is 47.4 Å². The van der Waals surface area contributed by atoms with Crippen LogP contribution in [0, 0.1) is 12.7 Å². The fraction of sp³-hybridized carbons (Fsp3) is 0.318. The Balaban J connectivity index is 2.03.